The Hall–Kier alpha value is -4.07. The summed E-state index contributed by atoms with van der Waals surface area (Å²) in [6.07, 6.45) is 10.5. The van der Waals surface area contributed by atoms with Crippen LogP contribution in [0.15, 0.2) is 71.7 Å². The number of rotatable bonds is 5. The topological polar surface area (TPSA) is 89.9 Å². The maximum atomic E-state index is 12.9. The molecule has 0 N–H and O–H groups in total. The number of benzene rings is 1. The largest absolute Gasteiger partial charge is 0.339 e. The van der Waals surface area contributed by atoms with Crippen LogP contribution >= 0.6 is 0 Å². The highest BCUT2D eigenvalue weighted by molar-refractivity contribution is 5.93. The van der Waals surface area contributed by atoms with Gasteiger partial charge in [0.15, 0.2) is 5.82 Å². The molecule has 0 spiro atoms. The predicted molar refractivity (Wildman–Crippen MR) is 123 cm³/mol. The molecule has 0 bridgehead atoms. The lowest BCUT2D eigenvalue weighted by molar-refractivity contribution is -0.127. The molecule has 8 heteroatoms. The Kier molecular flexibility index (Phi) is 5.80. The van der Waals surface area contributed by atoms with Crippen LogP contribution in [0.4, 0.5) is 0 Å². The summed E-state index contributed by atoms with van der Waals surface area (Å²) in [5.74, 6) is 1.51. The molecule has 1 aromatic carbocycles. The van der Waals surface area contributed by atoms with Crippen LogP contribution in [-0.2, 0) is 4.79 Å². The molecule has 3 aromatic heterocycles. The number of hydrogen-bond donors (Lipinski definition) is 0. The molecule has 1 fully saturated rings. The van der Waals surface area contributed by atoms with Crippen molar-refractivity contribution in [2.45, 2.75) is 25.7 Å². The molecule has 33 heavy (non-hydrogen) atoms. The van der Waals surface area contributed by atoms with E-state index in [1.165, 1.54) is 0 Å². The average molecular weight is 441 g/mol. The lowest BCUT2D eigenvalue weighted by Crippen LogP contribution is -2.36. The van der Waals surface area contributed by atoms with Crippen molar-refractivity contribution in [2.75, 3.05) is 13.1 Å². The van der Waals surface area contributed by atoms with Gasteiger partial charge in [-0.15, -0.1) is 0 Å². The number of amides is 1. The van der Waals surface area contributed by atoms with Crippen LogP contribution in [0, 0.1) is 6.92 Å². The molecule has 1 amide bonds. The molecule has 4 aromatic rings. The first-order chi connectivity index (χ1) is 16.2. The van der Waals surface area contributed by atoms with Gasteiger partial charge in [0.1, 0.15) is 5.69 Å². The van der Waals surface area contributed by atoms with Crippen LogP contribution in [0.1, 0.15) is 36.0 Å². The van der Waals surface area contributed by atoms with Crippen molar-refractivity contribution in [3.05, 3.63) is 84.4 Å². The van der Waals surface area contributed by atoms with Crippen molar-refractivity contribution in [2.24, 2.45) is 0 Å². The molecule has 5 rings (SSSR count). The fourth-order valence-corrected chi connectivity index (χ4v) is 4.04. The number of nitrogens with zero attached hydrogens (tertiary/aromatic N) is 6. The number of aryl methyl sites for hydroxylation is 1. The van der Waals surface area contributed by atoms with Gasteiger partial charge < -0.3 is 9.42 Å². The van der Waals surface area contributed by atoms with E-state index in [0.717, 1.165) is 35.3 Å². The molecule has 0 radical (unpaired) electrons. The van der Waals surface area contributed by atoms with Gasteiger partial charge in [-0.1, -0.05) is 23.4 Å². The number of para-hydroxylation sites is 1. The third-order valence-electron chi connectivity index (χ3n) is 5.80. The van der Waals surface area contributed by atoms with E-state index in [-0.39, 0.29) is 11.8 Å². The smallest absolute Gasteiger partial charge is 0.246 e. The van der Waals surface area contributed by atoms with E-state index in [0.29, 0.717) is 24.8 Å². The van der Waals surface area contributed by atoms with E-state index in [2.05, 4.69) is 15.1 Å². The van der Waals surface area contributed by atoms with E-state index in [1.54, 1.807) is 18.5 Å². The van der Waals surface area contributed by atoms with Crippen molar-refractivity contribution in [1.29, 1.82) is 0 Å². The van der Waals surface area contributed by atoms with Gasteiger partial charge in [0.05, 0.1) is 5.69 Å². The standard InChI is InChI=1S/C25H24N6O2/c1-18-27-25(33-29-18)19-11-14-30(15-12-19)23(32)10-9-21-17-31(22-7-3-2-4-8-22)28-24(21)20-6-5-13-26-16-20/h2-10,13,16-17,19H,11-12,14-15H2,1H3/b10-9+. The summed E-state index contributed by atoms with van der Waals surface area (Å²) in [5.41, 5.74) is 3.49. The van der Waals surface area contributed by atoms with Gasteiger partial charge >= 0.3 is 0 Å². The quantitative estimate of drug-likeness (QED) is 0.435. The van der Waals surface area contributed by atoms with Crippen molar-refractivity contribution in [3.8, 4) is 16.9 Å². The van der Waals surface area contributed by atoms with Gasteiger partial charge in [0, 0.05) is 54.8 Å². The van der Waals surface area contributed by atoms with Gasteiger partial charge in [0.25, 0.3) is 0 Å². The predicted octanol–water partition coefficient (Wildman–Crippen LogP) is 4.05. The molecule has 1 aliphatic heterocycles. The molecule has 0 unspecified atom stereocenters. The minimum Gasteiger partial charge on any atom is -0.339 e. The Balaban J connectivity index is 1.33. The molecule has 166 valence electrons. The maximum Gasteiger partial charge on any atom is 0.246 e. The first kappa shape index (κ1) is 20.8. The van der Waals surface area contributed by atoms with Gasteiger partial charge in [-0.05, 0) is 50.1 Å². The molecule has 8 nitrogen and oxygen atoms in total. The van der Waals surface area contributed by atoms with E-state index in [4.69, 9.17) is 9.62 Å². The summed E-state index contributed by atoms with van der Waals surface area (Å²) in [5, 5.41) is 8.64. The minimum absolute atomic E-state index is 0.0141. The fraction of sp³-hybridized carbons (Fsp3) is 0.240. The van der Waals surface area contributed by atoms with Crippen molar-refractivity contribution in [3.63, 3.8) is 0 Å². The third kappa shape index (κ3) is 4.59. The van der Waals surface area contributed by atoms with E-state index in [9.17, 15) is 4.79 Å². The summed E-state index contributed by atoms with van der Waals surface area (Å²) in [6, 6.07) is 13.7. The van der Waals surface area contributed by atoms with Crippen LogP contribution < -0.4 is 0 Å². The Labute approximate surface area is 191 Å². The number of hydrogen-bond acceptors (Lipinski definition) is 6. The first-order valence-corrected chi connectivity index (χ1v) is 11.0. The lowest BCUT2D eigenvalue weighted by atomic mass is 9.96. The molecule has 0 atom stereocenters. The zero-order chi connectivity index (χ0) is 22.6. The van der Waals surface area contributed by atoms with Gasteiger partial charge in [-0.3, -0.25) is 9.78 Å². The Bertz CT molecular complexity index is 1250. The zero-order valence-corrected chi connectivity index (χ0v) is 18.3. The highest BCUT2D eigenvalue weighted by Crippen LogP contribution is 2.27. The van der Waals surface area contributed by atoms with Crippen LogP contribution in [-0.4, -0.2) is 48.8 Å². The number of likely N-dealkylation sites (tertiary alicyclic amines) is 1. The highest BCUT2D eigenvalue weighted by atomic mass is 16.5. The lowest BCUT2D eigenvalue weighted by Gasteiger charge is -2.29. The molecule has 1 saturated heterocycles. The number of aromatic nitrogens is 5. The number of carbonyl (C=O) groups is 1. The van der Waals surface area contributed by atoms with Crippen molar-refractivity contribution >= 4 is 12.0 Å². The van der Waals surface area contributed by atoms with Gasteiger partial charge in [-0.25, -0.2) is 4.68 Å². The van der Waals surface area contributed by atoms with E-state index >= 15 is 0 Å². The van der Waals surface area contributed by atoms with Crippen molar-refractivity contribution < 1.29 is 9.32 Å². The summed E-state index contributed by atoms with van der Waals surface area (Å²) < 4.78 is 7.13. The monoisotopic (exact) mass is 440 g/mol. The second-order valence-electron chi connectivity index (χ2n) is 8.07. The van der Waals surface area contributed by atoms with Gasteiger partial charge in [-0.2, -0.15) is 10.1 Å². The molecule has 1 aliphatic rings. The fourth-order valence-electron chi connectivity index (χ4n) is 4.04. The van der Waals surface area contributed by atoms with Gasteiger partial charge in [0.2, 0.25) is 11.8 Å². The number of piperidine rings is 1. The molecular formula is C25H24N6O2. The van der Waals surface area contributed by atoms with Crippen molar-refractivity contribution in [1.82, 2.24) is 29.8 Å². The summed E-state index contributed by atoms with van der Waals surface area (Å²) in [4.78, 5) is 23.3. The van der Waals surface area contributed by atoms with Crippen LogP contribution in [0.2, 0.25) is 0 Å². The zero-order valence-electron chi connectivity index (χ0n) is 18.3. The Morgan fingerprint density at radius 2 is 1.94 bits per heavy atom. The van der Waals surface area contributed by atoms with Crippen LogP contribution in [0.3, 0.4) is 0 Å². The SMILES string of the molecule is Cc1noc(C2CCN(C(=O)/C=C/c3cn(-c4ccccc4)nc3-c3cccnc3)CC2)n1. The Morgan fingerprint density at radius 1 is 1.12 bits per heavy atom. The molecular weight excluding hydrogens is 416 g/mol. The van der Waals surface area contributed by atoms with Crippen LogP contribution in [0.5, 0.6) is 0 Å². The summed E-state index contributed by atoms with van der Waals surface area (Å²) >= 11 is 0. The van der Waals surface area contributed by atoms with E-state index in [1.807, 2.05) is 71.2 Å². The second kappa shape index (κ2) is 9.20. The number of pyridine rings is 1. The second-order valence-corrected chi connectivity index (χ2v) is 8.07. The molecule has 0 saturated carbocycles. The number of carbonyl (C=O) groups excluding carboxylic acids is 1. The highest BCUT2D eigenvalue weighted by Gasteiger charge is 2.26. The normalized spacial score (nSPS) is 14.8. The molecule has 4 heterocycles. The minimum atomic E-state index is -0.0141. The summed E-state index contributed by atoms with van der Waals surface area (Å²) in [7, 11) is 0. The van der Waals surface area contributed by atoms with E-state index < -0.39 is 0 Å². The first-order valence-electron chi connectivity index (χ1n) is 11.0. The Morgan fingerprint density at radius 3 is 2.64 bits per heavy atom. The van der Waals surface area contributed by atoms with Crippen LogP contribution in [0.25, 0.3) is 23.0 Å². The maximum absolute atomic E-state index is 12.9. The molecule has 0 aliphatic carbocycles. The average Bonchev–Trinajstić information content (AvgIpc) is 3.50. The summed E-state index contributed by atoms with van der Waals surface area (Å²) in [6.45, 7) is 3.14. The third-order valence-corrected chi connectivity index (χ3v) is 5.80.